The van der Waals surface area contributed by atoms with Crippen molar-refractivity contribution in [1.29, 1.82) is 0 Å². The molecule has 0 aliphatic rings. The van der Waals surface area contributed by atoms with Gasteiger partial charge in [0.1, 0.15) is 18.0 Å². The number of nitrogens with one attached hydrogen (secondary N) is 1. The largest absolute Gasteiger partial charge is 0.496 e. The Morgan fingerprint density at radius 3 is 2.25 bits per heavy atom. The average Bonchev–Trinajstić information content (AvgIpc) is 2.82. The van der Waals surface area contributed by atoms with Crippen molar-refractivity contribution in [2.75, 3.05) is 24.6 Å². The Kier molecular flexibility index (Phi) is 7.72. The highest BCUT2D eigenvalue weighted by Gasteiger charge is 2.27. The van der Waals surface area contributed by atoms with Crippen molar-refractivity contribution in [3.05, 3.63) is 84.4 Å². The van der Waals surface area contributed by atoms with E-state index in [0.29, 0.717) is 23.8 Å². The molecule has 0 atom stereocenters. The monoisotopic (exact) mass is 454 g/mol. The van der Waals surface area contributed by atoms with E-state index in [1.54, 1.807) is 55.6 Å². The summed E-state index contributed by atoms with van der Waals surface area (Å²) in [6, 6.07) is 22.0. The van der Waals surface area contributed by atoms with Gasteiger partial charge in [-0.2, -0.15) is 0 Å². The SMILES string of the molecule is CCOc1ccc(S(=O)(=O)N(CC(=O)NCc2ccccc2OC)c2ccccc2)cc1. The molecular weight excluding hydrogens is 428 g/mol. The van der Waals surface area contributed by atoms with Crippen LogP contribution in [0.15, 0.2) is 83.8 Å². The van der Waals surface area contributed by atoms with E-state index in [1.807, 2.05) is 25.1 Å². The van der Waals surface area contributed by atoms with Crippen LogP contribution in [0.5, 0.6) is 11.5 Å². The zero-order valence-corrected chi connectivity index (χ0v) is 18.8. The Hall–Kier alpha value is -3.52. The molecule has 0 bridgehead atoms. The Balaban J connectivity index is 1.82. The van der Waals surface area contributed by atoms with Gasteiger partial charge < -0.3 is 14.8 Å². The number of anilines is 1. The lowest BCUT2D eigenvalue weighted by Gasteiger charge is -2.24. The molecule has 1 amide bonds. The fourth-order valence-corrected chi connectivity index (χ4v) is 4.56. The maximum Gasteiger partial charge on any atom is 0.264 e. The molecule has 3 aromatic rings. The minimum absolute atomic E-state index is 0.0716. The molecule has 0 saturated heterocycles. The predicted octanol–water partition coefficient (Wildman–Crippen LogP) is 3.61. The smallest absolute Gasteiger partial charge is 0.264 e. The molecule has 3 aromatic carbocycles. The lowest BCUT2D eigenvalue weighted by molar-refractivity contribution is -0.119. The third-order valence-corrected chi connectivity index (χ3v) is 6.51. The van der Waals surface area contributed by atoms with Crippen LogP contribution >= 0.6 is 0 Å². The van der Waals surface area contributed by atoms with Crippen LogP contribution in [0.3, 0.4) is 0 Å². The molecule has 0 unspecified atom stereocenters. The van der Waals surface area contributed by atoms with Gasteiger partial charge in [-0.1, -0.05) is 36.4 Å². The molecule has 7 nitrogen and oxygen atoms in total. The van der Waals surface area contributed by atoms with E-state index < -0.39 is 15.9 Å². The van der Waals surface area contributed by atoms with Gasteiger partial charge in [0.15, 0.2) is 0 Å². The number of amides is 1. The summed E-state index contributed by atoms with van der Waals surface area (Å²) in [5.74, 6) is 0.788. The minimum Gasteiger partial charge on any atom is -0.496 e. The zero-order chi connectivity index (χ0) is 23.0. The quantitative estimate of drug-likeness (QED) is 0.506. The number of nitrogens with zero attached hydrogens (tertiary/aromatic N) is 1. The highest BCUT2D eigenvalue weighted by Crippen LogP contribution is 2.25. The maximum atomic E-state index is 13.4. The van der Waals surface area contributed by atoms with E-state index in [4.69, 9.17) is 9.47 Å². The Morgan fingerprint density at radius 1 is 0.938 bits per heavy atom. The molecule has 168 valence electrons. The topological polar surface area (TPSA) is 84.9 Å². The van der Waals surface area contributed by atoms with Gasteiger partial charge in [0.2, 0.25) is 5.91 Å². The van der Waals surface area contributed by atoms with Crippen LogP contribution in [0.1, 0.15) is 12.5 Å². The highest BCUT2D eigenvalue weighted by atomic mass is 32.2. The Morgan fingerprint density at radius 2 is 1.59 bits per heavy atom. The first kappa shape index (κ1) is 23.1. The number of ether oxygens (including phenoxy) is 2. The number of benzene rings is 3. The molecule has 0 aliphatic carbocycles. The minimum atomic E-state index is -3.98. The molecule has 0 spiro atoms. The molecule has 0 radical (unpaired) electrons. The van der Waals surface area contributed by atoms with Crippen molar-refractivity contribution < 1.29 is 22.7 Å². The molecule has 0 aromatic heterocycles. The molecule has 1 N–H and O–H groups in total. The molecule has 0 aliphatic heterocycles. The van der Waals surface area contributed by atoms with E-state index in [9.17, 15) is 13.2 Å². The van der Waals surface area contributed by atoms with Crippen LogP contribution < -0.4 is 19.1 Å². The van der Waals surface area contributed by atoms with Gasteiger partial charge in [0.05, 0.1) is 24.3 Å². The number of rotatable bonds is 10. The molecular formula is C24H26N2O5S. The fraction of sp³-hybridized carbons (Fsp3) is 0.208. The van der Waals surface area contributed by atoms with Gasteiger partial charge in [0.25, 0.3) is 10.0 Å². The number of methoxy groups -OCH3 is 1. The van der Waals surface area contributed by atoms with Crippen LogP contribution in [0.4, 0.5) is 5.69 Å². The van der Waals surface area contributed by atoms with Gasteiger partial charge in [-0.05, 0) is 49.4 Å². The first-order valence-electron chi connectivity index (χ1n) is 10.1. The maximum absolute atomic E-state index is 13.4. The number of para-hydroxylation sites is 2. The van der Waals surface area contributed by atoms with E-state index in [2.05, 4.69) is 5.32 Å². The molecule has 0 fully saturated rings. The van der Waals surface area contributed by atoms with Crippen molar-refractivity contribution >= 4 is 21.6 Å². The normalized spacial score (nSPS) is 10.9. The van der Waals surface area contributed by atoms with Crippen molar-refractivity contribution in [1.82, 2.24) is 5.32 Å². The zero-order valence-electron chi connectivity index (χ0n) is 18.0. The summed E-state index contributed by atoms with van der Waals surface area (Å²) in [6.45, 7) is 2.18. The van der Waals surface area contributed by atoms with Gasteiger partial charge in [-0.15, -0.1) is 0 Å². The fourth-order valence-electron chi connectivity index (χ4n) is 3.14. The van der Waals surface area contributed by atoms with Gasteiger partial charge in [0, 0.05) is 12.1 Å². The molecule has 8 heteroatoms. The summed E-state index contributed by atoms with van der Waals surface area (Å²) in [7, 11) is -2.43. The lowest BCUT2D eigenvalue weighted by Crippen LogP contribution is -2.40. The summed E-state index contributed by atoms with van der Waals surface area (Å²) in [6.07, 6.45) is 0. The number of hydrogen-bond donors (Lipinski definition) is 1. The van der Waals surface area contributed by atoms with Crippen LogP contribution in [0.25, 0.3) is 0 Å². The van der Waals surface area contributed by atoms with Gasteiger partial charge in [-0.25, -0.2) is 8.42 Å². The van der Waals surface area contributed by atoms with Gasteiger partial charge >= 0.3 is 0 Å². The number of carbonyl (C=O) groups is 1. The van der Waals surface area contributed by atoms with E-state index in [0.717, 1.165) is 9.87 Å². The summed E-state index contributed by atoms with van der Waals surface area (Å²) in [5, 5.41) is 2.78. The summed E-state index contributed by atoms with van der Waals surface area (Å²) in [5.41, 5.74) is 1.19. The standard InChI is InChI=1S/C24H26N2O5S/c1-3-31-21-13-15-22(16-14-21)32(28,29)26(20-10-5-4-6-11-20)18-24(27)25-17-19-9-7-8-12-23(19)30-2/h4-16H,3,17-18H2,1-2H3,(H,25,27). The third-order valence-electron chi connectivity index (χ3n) is 4.72. The number of hydrogen-bond acceptors (Lipinski definition) is 5. The van der Waals surface area contributed by atoms with Crippen molar-refractivity contribution in [3.63, 3.8) is 0 Å². The van der Waals surface area contributed by atoms with Crippen molar-refractivity contribution in [2.24, 2.45) is 0 Å². The highest BCUT2D eigenvalue weighted by molar-refractivity contribution is 7.92. The van der Waals surface area contributed by atoms with E-state index in [1.165, 1.54) is 12.1 Å². The summed E-state index contributed by atoms with van der Waals surface area (Å²) in [4.78, 5) is 12.8. The first-order valence-corrected chi connectivity index (χ1v) is 11.6. The molecule has 0 heterocycles. The van der Waals surface area contributed by atoms with Crippen LogP contribution in [0, 0.1) is 0 Å². The summed E-state index contributed by atoms with van der Waals surface area (Å²) < 4.78 is 38.6. The van der Waals surface area contributed by atoms with Gasteiger partial charge in [-0.3, -0.25) is 9.10 Å². The number of sulfonamides is 1. The molecule has 3 rings (SSSR count). The molecule has 32 heavy (non-hydrogen) atoms. The summed E-state index contributed by atoms with van der Waals surface area (Å²) >= 11 is 0. The van der Waals surface area contributed by atoms with E-state index >= 15 is 0 Å². The second-order valence-corrected chi connectivity index (χ2v) is 8.70. The molecule has 0 saturated carbocycles. The average molecular weight is 455 g/mol. The second-order valence-electron chi connectivity index (χ2n) is 6.84. The van der Waals surface area contributed by atoms with Crippen LogP contribution in [-0.4, -0.2) is 34.6 Å². The first-order chi connectivity index (χ1) is 15.5. The second kappa shape index (κ2) is 10.7. The number of carbonyl (C=O) groups excluding carboxylic acids is 1. The van der Waals surface area contributed by atoms with E-state index in [-0.39, 0.29) is 18.0 Å². The van der Waals surface area contributed by atoms with Crippen molar-refractivity contribution in [2.45, 2.75) is 18.4 Å². The predicted molar refractivity (Wildman–Crippen MR) is 123 cm³/mol. The lowest BCUT2D eigenvalue weighted by atomic mass is 10.2. The Labute approximate surface area is 188 Å². The Bertz CT molecular complexity index is 1130. The third kappa shape index (κ3) is 5.59. The van der Waals surface area contributed by atoms with Crippen molar-refractivity contribution in [3.8, 4) is 11.5 Å². The van der Waals surface area contributed by atoms with Crippen LogP contribution in [-0.2, 0) is 21.4 Å². The van der Waals surface area contributed by atoms with Crippen LogP contribution in [0.2, 0.25) is 0 Å².